The lowest BCUT2D eigenvalue weighted by Crippen LogP contribution is -2.26. The lowest BCUT2D eigenvalue weighted by molar-refractivity contribution is 0.184. The van der Waals surface area contributed by atoms with E-state index in [9.17, 15) is 0 Å². The number of anilines is 2. The van der Waals surface area contributed by atoms with E-state index >= 15 is 0 Å². The Balaban J connectivity index is 1.30. The molecule has 0 atom stereocenters. The Morgan fingerprint density at radius 2 is 2.06 bits per heavy atom. The zero-order valence-corrected chi connectivity index (χ0v) is 18.9. The molecule has 0 unspecified atom stereocenters. The number of nitrogens with one attached hydrogen (secondary N) is 1. The Morgan fingerprint density at radius 3 is 2.94 bits per heavy atom. The number of ether oxygens (including phenoxy) is 1. The van der Waals surface area contributed by atoms with Gasteiger partial charge in [0.05, 0.1) is 29.4 Å². The second-order valence-corrected chi connectivity index (χ2v) is 9.11. The molecule has 5 rings (SSSR count). The SMILES string of the molecule is Clc1cc(N2CCOCS2)ccc1SNc1cccc(-c2ccc3cnccc3n2)c1. The van der Waals surface area contributed by atoms with Crippen molar-refractivity contribution < 1.29 is 4.74 Å². The van der Waals surface area contributed by atoms with Crippen LogP contribution < -0.4 is 9.03 Å². The van der Waals surface area contributed by atoms with Crippen molar-refractivity contribution in [3.05, 3.63) is 78.1 Å². The van der Waals surface area contributed by atoms with Gasteiger partial charge < -0.3 is 13.8 Å². The molecule has 156 valence electrons. The standard InChI is InChI=1S/C23H19ClN4OS2/c24-20-13-19(28-10-11-29-15-30-28)5-7-23(20)31-27-18-3-1-2-16(12-18)21-6-4-17-14-25-9-8-22(17)26-21/h1-9,12-14,27H,10-11,15H2. The summed E-state index contributed by atoms with van der Waals surface area (Å²) in [5.41, 5.74) is 5.00. The van der Waals surface area contributed by atoms with E-state index < -0.39 is 0 Å². The number of rotatable bonds is 5. The van der Waals surface area contributed by atoms with Crippen LogP contribution in [0.1, 0.15) is 0 Å². The average molecular weight is 467 g/mol. The highest BCUT2D eigenvalue weighted by atomic mass is 35.5. The summed E-state index contributed by atoms with van der Waals surface area (Å²) < 4.78 is 11.0. The second kappa shape index (κ2) is 9.36. The number of nitrogens with zero attached hydrogens (tertiary/aromatic N) is 3. The van der Waals surface area contributed by atoms with E-state index in [0.717, 1.165) is 56.6 Å². The van der Waals surface area contributed by atoms with Crippen molar-refractivity contribution in [1.29, 1.82) is 0 Å². The fourth-order valence-electron chi connectivity index (χ4n) is 3.29. The first-order chi connectivity index (χ1) is 15.3. The topological polar surface area (TPSA) is 50.3 Å². The Morgan fingerprint density at radius 1 is 1.10 bits per heavy atom. The van der Waals surface area contributed by atoms with Gasteiger partial charge in [-0.25, -0.2) is 4.98 Å². The summed E-state index contributed by atoms with van der Waals surface area (Å²) in [7, 11) is 0. The Kier molecular flexibility index (Phi) is 6.18. The molecule has 0 radical (unpaired) electrons. The van der Waals surface area contributed by atoms with Crippen molar-refractivity contribution in [2.75, 3.05) is 28.1 Å². The molecule has 4 aromatic rings. The molecule has 1 fully saturated rings. The van der Waals surface area contributed by atoms with E-state index in [1.165, 1.54) is 11.9 Å². The molecule has 1 saturated heterocycles. The van der Waals surface area contributed by atoms with E-state index in [0.29, 0.717) is 5.94 Å². The molecule has 0 saturated carbocycles. The number of fused-ring (bicyclic) bond motifs is 1. The molecule has 0 spiro atoms. The maximum absolute atomic E-state index is 6.55. The van der Waals surface area contributed by atoms with Gasteiger partial charge in [0.2, 0.25) is 0 Å². The van der Waals surface area contributed by atoms with Crippen molar-refractivity contribution in [2.24, 2.45) is 0 Å². The first kappa shape index (κ1) is 20.5. The third-order valence-electron chi connectivity index (χ3n) is 4.86. The fourth-order valence-corrected chi connectivity index (χ4v) is 5.01. The predicted octanol–water partition coefficient (Wildman–Crippen LogP) is 6.51. The van der Waals surface area contributed by atoms with Gasteiger partial charge in [-0.1, -0.05) is 23.7 Å². The molecule has 1 aliphatic heterocycles. The third-order valence-corrected chi connectivity index (χ3v) is 7.18. The van der Waals surface area contributed by atoms with Crippen LogP contribution in [0.25, 0.3) is 22.2 Å². The minimum Gasteiger partial charge on any atom is -0.367 e. The zero-order valence-electron chi connectivity index (χ0n) is 16.5. The second-order valence-electron chi connectivity index (χ2n) is 6.92. The monoisotopic (exact) mass is 466 g/mol. The van der Waals surface area contributed by atoms with Crippen LogP contribution in [0.4, 0.5) is 11.4 Å². The van der Waals surface area contributed by atoms with E-state index in [1.54, 1.807) is 18.1 Å². The van der Waals surface area contributed by atoms with Gasteiger partial charge >= 0.3 is 0 Å². The van der Waals surface area contributed by atoms with Crippen LogP contribution in [0.5, 0.6) is 0 Å². The van der Waals surface area contributed by atoms with Gasteiger partial charge in [0.15, 0.2) is 0 Å². The molecule has 0 aliphatic carbocycles. The first-order valence-electron chi connectivity index (χ1n) is 9.78. The molecule has 0 bridgehead atoms. The quantitative estimate of drug-likeness (QED) is 0.336. The van der Waals surface area contributed by atoms with Gasteiger partial charge in [-0.2, -0.15) is 0 Å². The summed E-state index contributed by atoms with van der Waals surface area (Å²) in [5.74, 6) is 0.676. The lowest BCUT2D eigenvalue weighted by Gasteiger charge is -2.27. The molecule has 0 amide bonds. The van der Waals surface area contributed by atoms with Crippen molar-refractivity contribution >= 4 is 57.8 Å². The van der Waals surface area contributed by atoms with Gasteiger partial charge in [0.25, 0.3) is 0 Å². The maximum atomic E-state index is 6.55. The Bertz CT molecular complexity index is 1220. The number of hydrogen-bond donors (Lipinski definition) is 1. The van der Waals surface area contributed by atoms with Crippen LogP contribution in [0.2, 0.25) is 5.02 Å². The van der Waals surface area contributed by atoms with Crippen LogP contribution in [0.15, 0.2) is 78.0 Å². The van der Waals surface area contributed by atoms with Gasteiger partial charge in [-0.15, -0.1) is 0 Å². The molecule has 2 aromatic heterocycles. The summed E-state index contributed by atoms with van der Waals surface area (Å²) in [6.07, 6.45) is 3.59. The van der Waals surface area contributed by atoms with Crippen molar-refractivity contribution in [2.45, 2.75) is 4.90 Å². The normalized spacial score (nSPS) is 14.0. The van der Waals surface area contributed by atoms with Crippen LogP contribution >= 0.6 is 35.5 Å². The number of halogens is 1. The first-order valence-corrected chi connectivity index (χ1v) is 11.9. The number of benzene rings is 2. The van der Waals surface area contributed by atoms with Gasteiger partial charge in [-0.05, 0) is 72.4 Å². The van der Waals surface area contributed by atoms with E-state index in [1.807, 2.05) is 48.7 Å². The summed E-state index contributed by atoms with van der Waals surface area (Å²) in [6, 6.07) is 20.4. The molecule has 8 heteroatoms. The van der Waals surface area contributed by atoms with Crippen molar-refractivity contribution in [3.8, 4) is 11.3 Å². The fraction of sp³-hybridized carbons (Fsp3) is 0.130. The molecular weight excluding hydrogens is 448 g/mol. The number of pyridine rings is 2. The maximum Gasteiger partial charge on any atom is 0.112 e. The highest BCUT2D eigenvalue weighted by molar-refractivity contribution is 8.00. The minimum absolute atomic E-state index is 0.676. The smallest absolute Gasteiger partial charge is 0.112 e. The van der Waals surface area contributed by atoms with Crippen molar-refractivity contribution in [3.63, 3.8) is 0 Å². The molecule has 3 heterocycles. The van der Waals surface area contributed by atoms with Crippen LogP contribution in [0, 0.1) is 0 Å². The molecule has 5 nitrogen and oxygen atoms in total. The van der Waals surface area contributed by atoms with Crippen molar-refractivity contribution in [1.82, 2.24) is 9.97 Å². The highest BCUT2D eigenvalue weighted by Gasteiger charge is 2.14. The Hall–Kier alpha value is -2.45. The third kappa shape index (κ3) is 4.75. The highest BCUT2D eigenvalue weighted by Crippen LogP contribution is 2.34. The van der Waals surface area contributed by atoms with Gasteiger partial charge in [0, 0.05) is 39.6 Å². The Labute approximate surface area is 194 Å². The van der Waals surface area contributed by atoms with E-state index in [2.05, 4.69) is 32.2 Å². The molecular formula is C23H19ClN4OS2. The number of hydrogen-bond acceptors (Lipinski definition) is 7. The molecule has 2 aromatic carbocycles. The molecule has 1 aliphatic rings. The van der Waals surface area contributed by atoms with Gasteiger partial charge in [0.1, 0.15) is 5.94 Å². The summed E-state index contributed by atoms with van der Waals surface area (Å²) >= 11 is 9.72. The average Bonchev–Trinajstić information content (AvgIpc) is 2.83. The van der Waals surface area contributed by atoms with Gasteiger partial charge in [-0.3, -0.25) is 4.98 Å². The molecule has 1 N–H and O–H groups in total. The summed E-state index contributed by atoms with van der Waals surface area (Å²) in [6.45, 7) is 1.60. The summed E-state index contributed by atoms with van der Waals surface area (Å²) in [4.78, 5) is 9.89. The summed E-state index contributed by atoms with van der Waals surface area (Å²) in [5, 5.41) is 1.76. The minimum atomic E-state index is 0.676. The van der Waals surface area contributed by atoms with E-state index in [-0.39, 0.29) is 0 Å². The largest absolute Gasteiger partial charge is 0.367 e. The number of aromatic nitrogens is 2. The van der Waals surface area contributed by atoms with E-state index in [4.69, 9.17) is 21.3 Å². The molecule has 31 heavy (non-hydrogen) atoms. The lowest BCUT2D eigenvalue weighted by atomic mass is 10.1. The van der Waals surface area contributed by atoms with Crippen LogP contribution in [-0.4, -0.2) is 29.1 Å². The van der Waals surface area contributed by atoms with Crippen LogP contribution in [0.3, 0.4) is 0 Å². The van der Waals surface area contributed by atoms with Crippen LogP contribution in [-0.2, 0) is 4.74 Å². The predicted molar refractivity (Wildman–Crippen MR) is 132 cm³/mol. The zero-order chi connectivity index (χ0) is 21.0.